The minimum atomic E-state index is 0.610. The quantitative estimate of drug-likeness (QED) is 0.435. The topological polar surface area (TPSA) is 45.7 Å². The molecule has 2 N–H and O–H groups in total. The lowest BCUT2D eigenvalue weighted by atomic mass is 10.2. The number of benzene rings is 1. The summed E-state index contributed by atoms with van der Waals surface area (Å²) in [4.78, 5) is 4.18. The summed E-state index contributed by atoms with van der Waals surface area (Å²) in [7, 11) is 3.48. The molecule has 0 amide bonds. The highest BCUT2D eigenvalue weighted by atomic mass is 35.5. The number of hydrogen-bond acceptors (Lipinski definition) is 2. The molecule has 0 heterocycles. The smallest absolute Gasteiger partial charge is 0.191 e. The van der Waals surface area contributed by atoms with E-state index in [4.69, 9.17) is 27.9 Å². The Labute approximate surface area is 136 Å². The van der Waals surface area contributed by atoms with E-state index in [-0.39, 0.29) is 0 Å². The average molecular weight is 332 g/mol. The number of nitrogens with one attached hydrogen (secondary N) is 2. The zero-order valence-electron chi connectivity index (χ0n) is 12.6. The Morgan fingerprint density at radius 3 is 2.67 bits per heavy atom. The molecule has 0 bridgehead atoms. The van der Waals surface area contributed by atoms with Gasteiger partial charge in [0.15, 0.2) is 5.96 Å². The molecule has 0 atom stereocenters. The third-order valence-electron chi connectivity index (χ3n) is 3.00. The first-order valence-corrected chi connectivity index (χ1v) is 7.80. The Kier molecular flexibility index (Phi) is 9.22. The zero-order valence-corrected chi connectivity index (χ0v) is 14.1. The monoisotopic (exact) mass is 331 g/mol. The molecule has 4 nitrogen and oxygen atoms in total. The third-order valence-corrected chi connectivity index (χ3v) is 3.59. The highest BCUT2D eigenvalue weighted by molar-refractivity contribution is 6.35. The van der Waals surface area contributed by atoms with Crippen LogP contribution in [0, 0.1) is 0 Å². The summed E-state index contributed by atoms with van der Waals surface area (Å²) in [5.74, 6) is 0.771. The van der Waals surface area contributed by atoms with Crippen LogP contribution in [0.25, 0.3) is 0 Å². The minimum Gasteiger partial charge on any atom is -0.385 e. The van der Waals surface area contributed by atoms with Crippen LogP contribution in [0.1, 0.15) is 24.8 Å². The Morgan fingerprint density at radius 1 is 1.19 bits per heavy atom. The summed E-state index contributed by atoms with van der Waals surface area (Å²) in [6.45, 7) is 2.32. The van der Waals surface area contributed by atoms with Crippen LogP contribution in [0.2, 0.25) is 10.0 Å². The van der Waals surface area contributed by atoms with Crippen molar-refractivity contribution in [3.05, 3.63) is 33.8 Å². The number of halogens is 2. The van der Waals surface area contributed by atoms with Gasteiger partial charge in [-0.1, -0.05) is 29.3 Å². The third kappa shape index (κ3) is 7.55. The highest BCUT2D eigenvalue weighted by Gasteiger charge is 2.03. The molecule has 0 aliphatic carbocycles. The molecule has 0 aliphatic rings. The van der Waals surface area contributed by atoms with Crippen LogP contribution in [0.5, 0.6) is 0 Å². The van der Waals surface area contributed by atoms with Gasteiger partial charge in [0.25, 0.3) is 0 Å². The molecule has 0 aromatic heterocycles. The molecule has 0 fully saturated rings. The largest absolute Gasteiger partial charge is 0.385 e. The van der Waals surface area contributed by atoms with Crippen molar-refractivity contribution < 1.29 is 4.74 Å². The number of guanidine groups is 1. The van der Waals surface area contributed by atoms with Crippen molar-refractivity contribution in [2.24, 2.45) is 4.99 Å². The van der Waals surface area contributed by atoms with Gasteiger partial charge < -0.3 is 15.4 Å². The summed E-state index contributed by atoms with van der Waals surface area (Å²) < 4.78 is 5.02. The second-order valence-electron chi connectivity index (χ2n) is 4.64. The van der Waals surface area contributed by atoms with Crippen molar-refractivity contribution >= 4 is 29.2 Å². The summed E-state index contributed by atoms with van der Waals surface area (Å²) in [6, 6.07) is 5.48. The van der Waals surface area contributed by atoms with Gasteiger partial charge >= 0.3 is 0 Å². The number of aliphatic imine (C=N–C) groups is 1. The summed E-state index contributed by atoms with van der Waals surface area (Å²) >= 11 is 12.0. The van der Waals surface area contributed by atoms with Crippen LogP contribution in [-0.2, 0) is 11.3 Å². The first kappa shape index (κ1) is 18.1. The number of hydrogen-bond donors (Lipinski definition) is 2. The zero-order chi connectivity index (χ0) is 15.5. The maximum atomic E-state index is 6.13. The SMILES string of the molecule is CN=C(NCCCCCOC)NCc1ccc(Cl)cc1Cl. The van der Waals surface area contributed by atoms with E-state index in [1.807, 2.05) is 12.1 Å². The molecule has 118 valence electrons. The number of rotatable bonds is 8. The van der Waals surface area contributed by atoms with Crippen molar-refractivity contribution in [3.63, 3.8) is 0 Å². The predicted molar refractivity (Wildman–Crippen MR) is 90.4 cm³/mol. The Morgan fingerprint density at radius 2 is 2.00 bits per heavy atom. The number of ether oxygens (including phenoxy) is 1. The van der Waals surface area contributed by atoms with Gasteiger partial charge in [0, 0.05) is 43.9 Å². The fourth-order valence-electron chi connectivity index (χ4n) is 1.82. The van der Waals surface area contributed by atoms with Gasteiger partial charge in [-0.15, -0.1) is 0 Å². The molecule has 0 spiro atoms. The molecular formula is C15H23Cl2N3O. The second kappa shape index (κ2) is 10.7. The molecule has 0 saturated heterocycles. The van der Waals surface area contributed by atoms with E-state index in [1.54, 1.807) is 20.2 Å². The lowest BCUT2D eigenvalue weighted by Gasteiger charge is -2.12. The second-order valence-corrected chi connectivity index (χ2v) is 5.49. The van der Waals surface area contributed by atoms with E-state index in [0.717, 1.165) is 43.9 Å². The molecule has 6 heteroatoms. The fraction of sp³-hybridized carbons (Fsp3) is 0.533. The summed E-state index contributed by atoms with van der Waals surface area (Å²) in [5.41, 5.74) is 0.990. The molecule has 1 aromatic rings. The normalized spacial score (nSPS) is 11.5. The lowest BCUT2D eigenvalue weighted by Crippen LogP contribution is -2.37. The number of unbranched alkanes of at least 4 members (excludes halogenated alkanes) is 2. The van der Waals surface area contributed by atoms with E-state index >= 15 is 0 Å². The molecule has 1 aromatic carbocycles. The van der Waals surface area contributed by atoms with Crippen molar-refractivity contribution in [2.45, 2.75) is 25.8 Å². The van der Waals surface area contributed by atoms with Crippen LogP contribution >= 0.6 is 23.2 Å². The first-order valence-electron chi connectivity index (χ1n) is 7.04. The van der Waals surface area contributed by atoms with E-state index in [0.29, 0.717) is 16.6 Å². The maximum absolute atomic E-state index is 6.13. The Balaban J connectivity index is 2.28. The Hall–Kier alpha value is -0.970. The first-order chi connectivity index (χ1) is 10.2. The van der Waals surface area contributed by atoms with Gasteiger partial charge in [0.1, 0.15) is 0 Å². The van der Waals surface area contributed by atoms with E-state index in [2.05, 4.69) is 15.6 Å². The van der Waals surface area contributed by atoms with Gasteiger partial charge in [-0.2, -0.15) is 0 Å². The molecule has 0 saturated carbocycles. The number of methoxy groups -OCH3 is 1. The average Bonchev–Trinajstić information content (AvgIpc) is 2.47. The van der Waals surface area contributed by atoms with Gasteiger partial charge in [-0.3, -0.25) is 4.99 Å². The molecule has 0 radical (unpaired) electrons. The molecule has 0 unspecified atom stereocenters. The lowest BCUT2D eigenvalue weighted by molar-refractivity contribution is 0.192. The van der Waals surface area contributed by atoms with Crippen LogP contribution < -0.4 is 10.6 Å². The standard InChI is InChI=1S/C15H23Cl2N3O/c1-18-15(19-8-4-3-5-9-21-2)20-11-12-6-7-13(16)10-14(12)17/h6-7,10H,3-5,8-9,11H2,1-2H3,(H2,18,19,20). The summed E-state index contributed by atoms with van der Waals surface area (Å²) in [5, 5.41) is 7.81. The van der Waals surface area contributed by atoms with E-state index in [1.165, 1.54) is 0 Å². The van der Waals surface area contributed by atoms with E-state index in [9.17, 15) is 0 Å². The highest BCUT2D eigenvalue weighted by Crippen LogP contribution is 2.20. The van der Waals surface area contributed by atoms with Gasteiger partial charge in [-0.25, -0.2) is 0 Å². The van der Waals surface area contributed by atoms with Crippen molar-refractivity contribution in [1.82, 2.24) is 10.6 Å². The van der Waals surface area contributed by atoms with Crippen molar-refractivity contribution in [1.29, 1.82) is 0 Å². The van der Waals surface area contributed by atoms with Crippen LogP contribution in [0.4, 0.5) is 0 Å². The van der Waals surface area contributed by atoms with Crippen LogP contribution in [0.3, 0.4) is 0 Å². The molecule has 1 rings (SSSR count). The van der Waals surface area contributed by atoms with Crippen molar-refractivity contribution in [3.8, 4) is 0 Å². The fourth-order valence-corrected chi connectivity index (χ4v) is 2.29. The summed E-state index contributed by atoms with van der Waals surface area (Å²) in [6.07, 6.45) is 3.32. The predicted octanol–water partition coefficient (Wildman–Crippen LogP) is 3.48. The van der Waals surface area contributed by atoms with Gasteiger partial charge in [0.05, 0.1) is 0 Å². The minimum absolute atomic E-state index is 0.610. The number of nitrogens with zero attached hydrogens (tertiary/aromatic N) is 1. The van der Waals surface area contributed by atoms with Crippen LogP contribution in [-0.4, -0.2) is 33.3 Å². The molecule has 21 heavy (non-hydrogen) atoms. The molecular weight excluding hydrogens is 309 g/mol. The van der Waals surface area contributed by atoms with Crippen molar-refractivity contribution in [2.75, 3.05) is 27.3 Å². The van der Waals surface area contributed by atoms with E-state index < -0.39 is 0 Å². The van der Waals surface area contributed by atoms with Crippen LogP contribution in [0.15, 0.2) is 23.2 Å². The van der Waals surface area contributed by atoms with Gasteiger partial charge in [-0.05, 0) is 37.0 Å². The van der Waals surface area contributed by atoms with Gasteiger partial charge in [0.2, 0.25) is 0 Å². The maximum Gasteiger partial charge on any atom is 0.191 e. The Bertz CT molecular complexity index is 453. The molecule has 0 aliphatic heterocycles.